The van der Waals surface area contributed by atoms with Crippen molar-refractivity contribution >= 4 is 39.5 Å². The van der Waals surface area contributed by atoms with Crippen molar-refractivity contribution in [3.63, 3.8) is 0 Å². The van der Waals surface area contributed by atoms with Crippen LogP contribution in [0.1, 0.15) is 336 Å². The van der Waals surface area contributed by atoms with Crippen LogP contribution in [0.25, 0.3) is 0 Å². The minimum Gasteiger partial charge on any atom is -0.462 e. The maximum atomic E-state index is 13.0. The average Bonchev–Trinajstić information content (AvgIpc) is 3.58. The first-order chi connectivity index (χ1) is 40.7. The van der Waals surface area contributed by atoms with E-state index in [2.05, 4.69) is 27.7 Å². The second-order valence-electron chi connectivity index (χ2n) is 23.5. The van der Waals surface area contributed by atoms with Gasteiger partial charge in [0.25, 0.3) is 0 Å². The van der Waals surface area contributed by atoms with E-state index in [9.17, 15) is 43.2 Å². The van der Waals surface area contributed by atoms with Crippen LogP contribution in [0.5, 0.6) is 0 Å². The Balaban J connectivity index is 5.22. The fourth-order valence-corrected chi connectivity index (χ4v) is 11.4. The van der Waals surface area contributed by atoms with Crippen LogP contribution in [0, 0.1) is 0 Å². The van der Waals surface area contributed by atoms with Crippen LogP contribution in [0.15, 0.2) is 0 Å². The highest BCUT2D eigenvalue weighted by Crippen LogP contribution is 2.45. The summed E-state index contributed by atoms with van der Waals surface area (Å²) in [6.45, 7) is 4.88. The third-order valence-electron chi connectivity index (χ3n) is 15.1. The summed E-state index contributed by atoms with van der Waals surface area (Å²) in [6, 6.07) is 0. The van der Waals surface area contributed by atoms with E-state index in [0.29, 0.717) is 25.7 Å². The van der Waals surface area contributed by atoms with Crippen molar-refractivity contribution in [2.75, 3.05) is 39.6 Å². The highest BCUT2D eigenvalue weighted by molar-refractivity contribution is 7.47. The lowest BCUT2D eigenvalue weighted by molar-refractivity contribution is -0.161. The second kappa shape index (κ2) is 60.0. The molecule has 0 aromatic heterocycles. The molecular weight excluding hydrogens is 1110 g/mol. The van der Waals surface area contributed by atoms with Crippen molar-refractivity contribution in [2.45, 2.75) is 354 Å². The lowest BCUT2D eigenvalue weighted by Crippen LogP contribution is -2.30. The van der Waals surface area contributed by atoms with Crippen LogP contribution in [0.4, 0.5) is 0 Å². The van der Waals surface area contributed by atoms with Crippen molar-refractivity contribution in [2.24, 2.45) is 0 Å². The van der Waals surface area contributed by atoms with Gasteiger partial charge in [-0.25, -0.2) is 9.13 Å². The Morgan fingerprint density at radius 3 is 0.702 bits per heavy atom. The fraction of sp³-hybridized carbons (Fsp3) is 0.938. The van der Waals surface area contributed by atoms with Crippen LogP contribution >= 0.6 is 15.6 Å². The molecule has 0 aromatic rings. The first-order valence-corrected chi connectivity index (χ1v) is 37.3. The van der Waals surface area contributed by atoms with Gasteiger partial charge in [0, 0.05) is 25.7 Å². The predicted octanol–water partition coefficient (Wildman–Crippen LogP) is 18.3. The Labute approximate surface area is 511 Å². The Morgan fingerprint density at radius 2 is 0.476 bits per heavy atom. The molecule has 0 aromatic carbocycles. The van der Waals surface area contributed by atoms with Crippen LogP contribution in [-0.4, -0.2) is 96.7 Å². The third-order valence-corrected chi connectivity index (χ3v) is 17.0. The quantitative estimate of drug-likeness (QED) is 0.0222. The first kappa shape index (κ1) is 82.1. The van der Waals surface area contributed by atoms with Crippen LogP contribution < -0.4 is 0 Å². The van der Waals surface area contributed by atoms with E-state index in [1.54, 1.807) is 0 Å². The highest BCUT2D eigenvalue weighted by atomic mass is 31.2. The van der Waals surface area contributed by atoms with Crippen molar-refractivity contribution < 1.29 is 80.2 Å². The zero-order chi connectivity index (χ0) is 61.9. The maximum absolute atomic E-state index is 13.0. The lowest BCUT2D eigenvalue weighted by atomic mass is 10.0. The van der Waals surface area contributed by atoms with E-state index in [0.717, 1.165) is 96.3 Å². The van der Waals surface area contributed by atoms with Gasteiger partial charge in [0.05, 0.1) is 26.4 Å². The standard InChI is InChI=1S/C65H126O17P2/c1-5-9-13-17-21-25-28-31-34-38-42-46-50-63(68)76-56-61(82-65(70)52-48-44-40-36-33-30-27-23-19-15-11-7-3)58-80-84(73,74)78-54-59(66)53-77-83(71,72)79-57-60(55-75-62(67)49-45-41-37-24-20-16-12-8-4)81-64(69)51-47-43-39-35-32-29-26-22-18-14-10-6-2/h59-61,66H,5-58H2,1-4H3,(H,71,72)(H,73,74)/t59-,60+,61+/m0/s1. The summed E-state index contributed by atoms with van der Waals surface area (Å²) in [5.41, 5.74) is 0. The Kier molecular flexibility index (Phi) is 58.6. The number of aliphatic hydroxyl groups is 1. The third kappa shape index (κ3) is 59.0. The van der Waals surface area contributed by atoms with E-state index < -0.39 is 97.5 Å². The number of phosphoric ester groups is 2. The molecule has 0 saturated heterocycles. The van der Waals surface area contributed by atoms with Crippen molar-refractivity contribution in [3.8, 4) is 0 Å². The van der Waals surface area contributed by atoms with E-state index in [4.69, 9.17) is 37.0 Å². The van der Waals surface area contributed by atoms with Gasteiger partial charge in [0.2, 0.25) is 0 Å². The molecule has 2 unspecified atom stereocenters. The molecule has 0 spiro atoms. The number of esters is 4. The number of unbranched alkanes of at least 4 members (excludes halogenated alkanes) is 40. The molecule has 3 N–H and O–H groups in total. The largest absolute Gasteiger partial charge is 0.472 e. The first-order valence-electron chi connectivity index (χ1n) is 34.3. The summed E-state index contributed by atoms with van der Waals surface area (Å²) in [5, 5.41) is 10.5. The minimum absolute atomic E-state index is 0.107. The van der Waals surface area contributed by atoms with E-state index in [1.807, 2.05) is 0 Å². The molecule has 17 nitrogen and oxygen atoms in total. The number of carbonyl (C=O) groups is 4. The van der Waals surface area contributed by atoms with Gasteiger partial charge in [0.1, 0.15) is 19.3 Å². The molecule has 5 atom stereocenters. The Hall–Kier alpha value is -1.94. The number of aliphatic hydroxyl groups excluding tert-OH is 1. The average molecular weight is 1240 g/mol. The SMILES string of the molecule is CCCCCCCCCCCCCCC(=O)OC[C@H](COP(=O)(O)OC[C@@H](O)COP(=O)(O)OC[C@@H](COC(=O)CCCCCCCCCC)OC(=O)CCCCCCCCCCCCCC)OC(=O)CCCCCCCCCCCCCC. The molecule has 0 bridgehead atoms. The summed E-state index contributed by atoms with van der Waals surface area (Å²) in [5.74, 6) is -2.13. The number of hydrogen-bond acceptors (Lipinski definition) is 15. The smallest absolute Gasteiger partial charge is 0.462 e. The van der Waals surface area contributed by atoms with Crippen LogP contribution in [0.3, 0.4) is 0 Å². The normalized spacial score (nSPS) is 14.1. The molecule has 0 aliphatic heterocycles. The molecule has 0 radical (unpaired) electrons. The fourth-order valence-electron chi connectivity index (χ4n) is 9.81. The van der Waals surface area contributed by atoms with Crippen LogP contribution in [0.2, 0.25) is 0 Å². The van der Waals surface area contributed by atoms with Gasteiger partial charge in [-0.3, -0.25) is 37.3 Å². The molecule has 0 rings (SSSR count). The van der Waals surface area contributed by atoms with Gasteiger partial charge >= 0.3 is 39.5 Å². The molecule has 0 amide bonds. The summed E-state index contributed by atoms with van der Waals surface area (Å²) in [7, 11) is -9.88. The van der Waals surface area contributed by atoms with Crippen molar-refractivity contribution in [1.82, 2.24) is 0 Å². The lowest BCUT2D eigenvalue weighted by Gasteiger charge is -2.21. The molecule has 0 aliphatic carbocycles. The summed E-state index contributed by atoms with van der Waals surface area (Å²) < 4.78 is 68.0. The number of ether oxygens (including phenoxy) is 4. The molecule has 0 saturated carbocycles. The van der Waals surface area contributed by atoms with Gasteiger partial charge < -0.3 is 33.8 Å². The number of carbonyl (C=O) groups excluding carboxylic acids is 4. The van der Waals surface area contributed by atoms with E-state index in [-0.39, 0.29) is 25.7 Å². The Bertz CT molecular complexity index is 1620. The zero-order valence-corrected chi connectivity index (χ0v) is 55.7. The van der Waals surface area contributed by atoms with Crippen molar-refractivity contribution in [3.05, 3.63) is 0 Å². The highest BCUT2D eigenvalue weighted by Gasteiger charge is 2.30. The van der Waals surface area contributed by atoms with Gasteiger partial charge in [-0.15, -0.1) is 0 Å². The maximum Gasteiger partial charge on any atom is 0.472 e. The number of hydrogen-bond donors (Lipinski definition) is 3. The Morgan fingerprint density at radius 1 is 0.286 bits per heavy atom. The minimum atomic E-state index is -4.94. The van der Waals surface area contributed by atoms with Gasteiger partial charge in [0.15, 0.2) is 12.2 Å². The van der Waals surface area contributed by atoms with Crippen LogP contribution in [-0.2, 0) is 65.4 Å². The molecular formula is C65H126O17P2. The molecule has 84 heavy (non-hydrogen) atoms. The monoisotopic (exact) mass is 1240 g/mol. The zero-order valence-electron chi connectivity index (χ0n) is 53.9. The molecule has 19 heteroatoms. The summed E-state index contributed by atoms with van der Waals surface area (Å²) in [6.07, 6.45) is 45.6. The molecule has 0 heterocycles. The number of phosphoric acid groups is 2. The second-order valence-corrected chi connectivity index (χ2v) is 26.4. The summed E-state index contributed by atoms with van der Waals surface area (Å²) >= 11 is 0. The molecule has 0 fully saturated rings. The topological polar surface area (TPSA) is 237 Å². The number of rotatable bonds is 66. The van der Waals surface area contributed by atoms with E-state index >= 15 is 0 Å². The van der Waals surface area contributed by atoms with Gasteiger partial charge in [-0.05, 0) is 25.7 Å². The van der Waals surface area contributed by atoms with Gasteiger partial charge in [-0.1, -0.05) is 285 Å². The molecule has 498 valence electrons. The molecule has 0 aliphatic rings. The van der Waals surface area contributed by atoms with E-state index in [1.165, 1.54) is 161 Å². The predicted molar refractivity (Wildman–Crippen MR) is 335 cm³/mol. The van der Waals surface area contributed by atoms with Crippen molar-refractivity contribution in [1.29, 1.82) is 0 Å². The van der Waals surface area contributed by atoms with Gasteiger partial charge in [-0.2, -0.15) is 0 Å². The summed E-state index contributed by atoms with van der Waals surface area (Å²) in [4.78, 5) is 72.2.